The molecule has 118 valence electrons. The van der Waals surface area contributed by atoms with Crippen LogP contribution in [-0.4, -0.2) is 49.1 Å². The fraction of sp³-hybridized carbons (Fsp3) is 0.938. The van der Waals surface area contributed by atoms with Gasteiger partial charge in [0.25, 0.3) is 0 Å². The van der Waals surface area contributed by atoms with Crippen molar-refractivity contribution in [1.29, 1.82) is 0 Å². The van der Waals surface area contributed by atoms with Crippen molar-refractivity contribution in [3.63, 3.8) is 0 Å². The number of carbonyl (C=O) groups excluding carboxylic acids is 1. The average Bonchev–Trinajstić information content (AvgIpc) is 2.37. The van der Waals surface area contributed by atoms with Gasteiger partial charge in [0.2, 0.25) is 5.91 Å². The van der Waals surface area contributed by atoms with Gasteiger partial charge >= 0.3 is 0 Å². The Bertz CT molecular complexity index is 283. The van der Waals surface area contributed by atoms with Gasteiger partial charge in [0, 0.05) is 19.1 Å². The van der Waals surface area contributed by atoms with Gasteiger partial charge in [0.15, 0.2) is 0 Å². The number of amides is 1. The minimum Gasteiger partial charge on any atom is -0.354 e. The van der Waals surface area contributed by atoms with Crippen LogP contribution < -0.4 is 10.6 Å². The van der Waals surface area contributed by atoms with Crippen LogP contribution in [0.15, 0.2) is 0 Å². The van der Waals surface area contributed by atoms with Crippen LogP contribution in [0.2, 0.25) is 0 Å². The molecule has 1 amide bonds. The highest BCUT2D eigenvalue weighted by Gasteiger charge is 2.22. The van der Waals surface area contributed by atoms with Gasteiger partial charge in [-0.05, 0) is 44.7 Å². The Morgan fingerprint density at radius 2 is 1.70 bits per heavy atom. The molecule has 0 radical (unpaired) electrons. The molecule has 4 nitrogen and oxygen atoms in total. The number of hydrogen-bond donors (Lipinski definition) is 2. The minimum atomic E-state index is -0.0876. The number of nitrogens with one attached hydrogen (secondary N) is 2. The fourth-order valence-corrected chi connectivity index (χ4v) is 2.69. The third-order valence-corrected chi connectivity index (χ3v) is 3.77. The van der Waals surface area contributed by atoms with Crippen molar-refractivity contribution in [2.75, 3.05) is 26.2 Å². The molecule has 1 fully saturated rings. The lowest BCUT2D eigenvalue weighted by Crippen LogP contribution is -2.51. The van der Waals surface area contributed by atoms with E-state index in [1.165, 1.54) is 6.54 Å². The maximum absolute atomic E-state index is 11.9. The molecule has 1 saturated heterocycles. The van der Waals surface area contributed by atoms with Gasteiger partial charge in [-0.25, -0.2) is 0 Å². The summed E-state index contributed by atoms with van der Waals surface area (Å²) in [5, 5.41) is 6.47. The summed E-state index contributed by atoms with van der Waals surface area (Å²) in [6.07, 6.45) is 2.29. The van der Waals surface area contributed by atoms with Gasteiger partial charge < -0.3 is 15.5 Å². The first kappa shape index (κ1) is 17.4. The number of nitrogens with zero attached hydrogens (tertiary/aromatic N) is 1. The topological polar surface area (TPSA) is 44.4 Å². The SMILES string of the molecule is CC(C)CNC(=O)C(C)NC1CCN(CC(C)C)CC1. The van der Waals surface area contributed by atoms with Crippen molar-refractivity contribution in [1.82, 2.24) is 15.5 Å². The Morgan fingerprint density at radius 3 is 2.20 bits per heavy atom. The number of likely N-dealkylation sites (tertiary alicyclic amines) is 1. The standard InChI is InChI=1S/C16H33N3O/c1-12(2)10-17-16(20)14(5)18-15-6-8-19(9-7-15)11-13(3)4/h12-15,18H,6-11H2,1-5H3,(H,17,20). The highest BCUT2D eigenvalue weighted by Crippen LogP contribution is 2.12. The van der Waals surface area contributed by atoms with Crippen LogP contribution in [-0.2, 0) is 4.79 Å². The number of rotatable bonds is 7. The maximum Gasteiger partial charge on any atom is 0.236 e. The van der Waals surface area contributed by atoms with Crippen molar-refractivity contribution in [3.05, 3.63) is 0 Å². The van der Waals surface area contributed by atoms with Crippen molar-refractivity contribution in [2.45, 2.75) is 59.5 Å². The van der Waals surface area contributed by atoms with Gasteiger partial charge in [-0.1, -0.05) is 27.7 Å². The van der Waals surface area contributed by atoms with E-state index in [4.69, 9.17) is 0 Å². The average molecular weight is 283 g/mol. The van der Waals surface area contributed by atoms with E-state index < -0.39 is 0 Å². The van der Waals surface area contributed by atoms with E-state index in [1.807, 2.05) is 6.92 Å². The van der Waals surface area contributed by atoms with E-state index in [0.717, 1.165) is 38.4 Å². The first-order chi connectivity index (χ1) is 9.38. The minimum absolute atomic E-state index is 0.0876. The maximum atomic E-state index is 11.9. The quantitative estimate of drug-likeness (QED) is 0.749. The van der Waals surface area contributed by atoms with E-state index in [2.05, 4.69) is 43.2 Å². The summed E-state index contributed by atoms with van der Waals surface area (Å²) in [7, 11) is 0. The summed E-state index contributed by atoms with van der Waals surface area (Å²) in [5.41, 5.74) is 0. The molecule has 1 atom stereocenters. The van der Waals surface area contributed by atoms with Crippen LogP contribution >= 0.6 is 0 Å². The molecule has 1 rings (SSSR count). The first-order valence-electron chi connectivity index (χ1n) is 8.14. The fourth-order valence-electron chi connectivity index (χ4n) is 2.69. The summed E-state index contributed by atoms with van der Waals surface area (Å²) in [4.78, 5) is 14.5. The molecule has 1 heterocycles. The Labute approximate surface area is 124 Å². The Balaban J connectivity index is 2.23. The lowest BCUT2D eigenvalue weighted by atomic mass is 10.0. The summed E-state index contributed by atoms with van der Waals surface area (Å²) in [6.45, 7) is 15.0. The first-order valence-corrected chi connectivity index (χ1v) is 8.14. The number of piperidine rings is 1. The van der Waals surface area contributed by atoms with Crippen LogP contribution in [0.4, 0.5) is 0 Å². The lowest BCUT2D eigenvalue weighted by Gasteiger charge is -2.34. The zero-order chi connectivity index (χ0) is 15.1. The lowest BCUT2D eigenvalue weighted by molar-refractivity contribution is -0.123. The molecular formula is C16H33N3O. The summed E-state index contributed by atoms with van der Waals surface area (Å²) in [6, 6.07) is 0.397. The largest absolute Gasteiger partial charge is 0.354 e. The molecule has 2 N–H and O–H groups in total. The molecule has 0 aromatic heterocycles. The molecular weight excluding hydrogens is 250 g/mol. The molecule has 0 aliphatic carbocycles. The molecule has 0 aromatic rings. The zero-order valence-corrected chi connectivity index (χ0v) is 13.9. The molecule has 4 heteroatoms. The number of carbonyl (C=O) groups is 1. The predicted octanol–water partition coefficient (Wildman–Crippen LogP) is 1.86. The monoisotopic (exact) mass is 283 g/mol. The molecule has 20 heavy (non-hydrogen) atoms. The van der Waals surface area contributed by atoms with Crippen molar-refractivity contribution in [2.24, 2.45) is 11.8 Å². The van der Waals surface area contributed by atoms with E-state index in [9.17, 15) is 4.79 Å². The van der Waals surface area contributed by atoms with E-state index in [0.29, 0.717) is 12.0 Å². The van der Waals surface area contributed by atoms with E-state index in [-0.39, 0.29) is 11.9 Å². The predicted molar refractivity (Wildman–Crippen MR) is 84.7 cm³/mol. The Kier molecular flexibility index (Phi) is 7.52. The molecule has 0 aromatic carbocycles. The van der Waals surface area contributed by atoms with Gasteiger partial charge in [-0.2, -0.15) is 0 Å². The summed E-state index contributed by atoms with van der Waals surface area (Å²) in [5.74, 6) is 1.37. The van der Waals surface area contributed by atoms with E-state index in [1.54, 1.807) is 0 Å². The van der Waals surface area contributed by atoms with Crippen molar-refractivity contribution >= 4 is 5.91 Å². The van der Waals surface area contributed by atoms with Crippen LogP contribution in [0.25, 0.3) is 0 Å². The summed E-state index contributed by atoms with van der Waals surface area (Å²) >= 11 is 0. The van der Waals surface area contributed by atoms with Gasteiger partial charge in [-0.3, -0.25) is 4.79 Å². The van der Waals surface area contributed by atoms with Gasteiger partial charge in [-0.15, -0.1) is 0 Å². The number of hydrogen-bond acceptors (Lipinski definition) is 3. The van der Waals surface area contributed by atoms with Crippen LogP contribution in [0.1, 0.15) is 47.5 Å². The molecule has 0 saturated carbocycles. The van der Waals surface area contributed by atoms with Gasteiger partial charge in [0.1, 0.15) is 0 Å². The Hall–Kier alpha value is -0.610. The second kappa shape index (κ2) is 8.63. The molecule has 1 aliphatic rings. The molecule has 0 spiro atoms. The Morgan fingerprint density at radius 1 is 1.10 bits per heavy atom. The molecule has 0 bridgehead atoms. The van der Waals surface area contributed by atoms with Crippen LogP contribution in [0.5, 0.6) is 0 Å². The molecule has 1 unspecified atom stereocenters. The second-order valence-corrected chi connectivity index (χ2v) is 7.00. The van der Waals surface area contributed by atoms with Crippen molar-refractivity contribution in [3.8, 4) is 0 Å². The second-order valence-electron chi connectivity index (χ2n) is 7.00. The van der Waals surface area contributed by atoms with Gasteiger partial charge in [0.05, 0.1) is 6.04 Å². The summed E-state index contributed by atoms with van der Waals surface area (Å²) < 4.78 is 0. The third-order valence-electron chi connectivity index (χ3n) is 3.77. The normalized spacial score (nSPS) is 19.6. The third kappa shape index (κ3) is 6.71. The van der Waals surface area contributed by atoms with Crippen LogP contribution in [0.3, 0.4) is 0 Å². The zero-order valence-electron chi connectivity index (χ0n) is 13.9. The smallest absolute Gasteiger partial charge is 0.236 e. The highest BCUT2D eigenvalue weighted by atomic mass is 16.2. The van der Waals surface area contributed by atoms with Crippen molar-refractivity contribution < 1.29 is 4.79 Å². The van der Waals surface area contributed by atoms with E-state index >= 15 is 0 Å². The highest BCUT2D eigenvalue weighted by molar-refractivity contribution is 5.81. The van der Waals surface area contributed by atoms with Crippen LogP contribution in [0, 0.1) is 11.8 Å². The molecule has 1 aliphatic heterocycles.